The van der Waals surface area contributed by atoms with Crippen LogP contribution in [0.5, 0.6) is 0 Å². The molecule has 0 unspecified atom stereocenters. The minimum atomic E-state index is -1.73. The highest BCUT2D eigenvalue weighted by Crippen LogP contribution is 2.36. The molecule has 2 aromatic carbocycles. The summed E-state index contributed by atoms with van der Waals surface area (Å²) in [7, 11) is 0. The molecule has 1 heterocycles. The van der Waals surface area contributed by atoms with E-state index in [0.29, 0.717) is 11.8 Å². The van der Waals surface area contributed by atoms with Crippen molar-refractivity contribution in [1.29, 1.82) is 0 Å². The Kier molecular flexibility index (Phi) is 5.88. The molecule has 146 valence electrons. The highest BCUT2D eigenvalue weighted by Gasteiger charge is 2.29. The normalized spacial score (nSPS) is 15.4. The Morgan fingerprint density at radius 3 is 2.64 bits per heavy atom. The van der Waals surface area contributed by atoms with Gasteiger partial charge in [-0.05, 0) is 24.3 Å². The van der Waals surface area contributed by atoms with Crippen molar-refractivity contribution >= 4 is 40.9 Å². The van der Waals surface area contributed by atoms with Crippen LogP contribution in [0.1, 0.15) is 6.42 Å². The Balaban J connectivity index is 1.51. The molecule has 28 heavy (non-hydrogen) atoms. The number of esters is 1. The van der Waals surface area contributed by atoms with Crippen molar-refractivity contribution in [2.45, 2.75) is 16.6 Å². The van der Waals surface area contributed by atoms with Crippen LogP contribution in [0.25, 0.3) is 0 Å². The second-order valence-electron chi connectivity index (χ2n) is 5.73. The van der Waals surface area contributed by atoms with Gasteiger partial charge in [-0.15, -0.1) is 11.8 Å². The van der Waals surface area contributed by atoms with Gasteiger partial charge in [-0.3, -0.25) is 14.4 Å². The Morgan fingerprint density at radius 1 is 1.11 bits per heavy atom. The Morgan fingerprint density at radius 2 is 1.86 bits per heavy atom. The molecule has 0 bridgehead atoms. The van der Waals surface area contributed by atoms with E-state index in [0.717, 1.165) is 11.0 Å². The number of halogens is 3. The molecular formula is C18H13F3N2O4S. The molecule has 0 saturated heterocycles. The zero-order chi connectivity index (χ0) is 20.3. The van der Waals surface area contributed by atoms with E-state index in [1.807, 2.05) is 5.32 Å². The van der Waals surface area contributed by atoms with Gasteiger partial charge in [0.05, 0.1) is 23.0 Å². The van der Waals surface area contributed by atoms with Gasteiger partial charge in [0.2, 0.25) is 5.91 Å². The van der Waals surface area contributed by atoms with E-state index in [4.69, 9.17) is 4.74 Å². The van der Waals surface area contributed by atoms with Gasteiger partial charge in [-0.1, -0.05) is 12.1 Å². The van der Waals surface area contributed by atoms with Crippen molar-refractivity contribution < 1.29 is 32.3 Å². The van der Waals surface area contributed by atoms with Crippen molar-refractivity contribution in [3.05, 3.63) is 53.8 Å². The van der Waals surface area contributed by atoms with Crippen molar-refractivity contribution in [2.75, 3.05) is 17.2 Å². The lowest BCUT2D eigenvalue weighted by molar-refractivity contribution is -0.147. The lowest BCUT2D eigenvalue weighted by atomic mass is 10.2. The van der Waals surface area contributed by atoms with Crippen LogP contribution in [-0.2, 0) is 19.1 Å². The van der Waals surface area contributed by atoms with Gasteiger partial charge in [0.15, 0.2) is 24.1 Å². The average molecular weight is 410 g/mol. The minimum Gasteiger partial charge on any atom is -0.456 e. The van der Waals surface area contributed by atoms with Crippen LogP contribution in [0.4, 0.5) is 24.5 Å². The molecule has 2 aromatic rings. The fraction of sp³-hybridized carbons (Fsp3) is 0.167. The largest absolute Gasteiger partial charge is 0.456 e. The van der Waals surface area contributed by atoms with Crippen molar-refractivity contribution in [3.63, 3.8) is 0 Å². The third-order valence-corrected chi connectivity index (χ3v) is 5.01. The fourth-order valence-corrected chi connectivity index (χ4v) is 3.49. The van der Waals surface area contributed by atoms with Crippen LogP contribution in [0.3, 0.4) is 0 Å². The zero-order valence-electron chi connectivity index (χ0n) is 14.1. The SMILES string of the molecule is O=C(COC(=O)C[C@H]1Sc2ccccc2NC1=O)Nc1ccc(F)c(F)c1F. The van der Waals surface area contributed by atoms with Crippen LogP contribution in [0.15, 0.2) is 41.3 Å². The van der Waals surface area contributed by atoms with Crippen LogP contribution < -0.4 is 10.6 Å². The lowest BCUT2D eigenvalue weighted by Gasteiger charge is -2.23. The third kappa shape index (κ3) is 4.45. The summed E-state index contributed by atoms with van der Waals surface area (Å²) in [5.41, 5.74) is 0.0637. The van der Waals surface area contributed by atoms with Gasteiger partial charge in [0, 0.05) is 4.90 Å². The summed E-state index contributed by atoms with van der Waals surface area (Å²) >= 11 is 1.20. The second-order valence-corrected chi connectivity index (χ2v) is 6.97. The monoisotopic (exact) mass is 410 g/mol. The molecule has 1 aliphatic rings. The molecule has 0 saturated carbocycles. The molecular weight excluding hydrogens is 397 g/mol. The number of rotatable bonds is 5. The number of fused-ring (bicyclic) bond motifs is 1. The molecule has 0 fully saturated rings. The maximum absolute atomic E-state index is 13.5. The summed E-state index contributed by atoms with van der Waals surface area (Å²) in [5, 5.41) is 3.92. The van der Waals surface area contributed by atoms with Crippen molar-refractivity contribution in [3.8, 4) is 0 Å². The van der Waals surface area contributed by atoms with E-state index in [1.165, 1.54) is 11.8 Å². The number of anilines is 2. The van der Waals surface area contributed by atoms with Crippen LogP contribution in [0, 0.1) is 17.5 Å². The predicted octanol–water partition coefficient (Wildman–Crippen LogP) is 3.09. The number of thioether (sulfide) groups is 1. The molecule has 0 spiro atoms. The number of nitrogens with one attached hydrogen (secondary N) is 2. The summed E-state index contributed by atoms with van der Waals surface area (Å²) < 4.78 is 44.3. The number of carbonyl (C=O) groups is 3. The van der Waals surface area contributed by atoms with Gasteiger partial charge in [0.1, 0.15) is 0 Å². The van der Waals surface area contributed by atoms with Gasteiger partial charge >= 0.3 is 5.97 Å². The number of hydrogen-bond donors (Lipinski definition) is 2. The Hall–Kier alpha value is -3.01. The minimum absolute atomic E-state index is 0.280. The molecule has 0 aliphatic carbocycles. The molecule has 6 nitrogen and oxygen atoms in total. The van der Waals surface area contributed by atoms with Gasteiger partial charge in [-0.25, -0.2) is 13.2 Å². The molecule has 3 rings (SSSR count). The highest BCUT2D eigenvalue weighted by atomic mass is 32.2. The molecule has 1 aliphatic heterocycles. The van der Waals surface area contributed by atoms with E-state index in [2.05, 4.69) is 5.32 Å². The number of ether oxygens (including phenoxy) is 1. The quantitative estimate of drug-likeness (QED) is 0.585. The maximum Gasteiger partial charge on any atom is 0.307 e. The summed E-state index contributed by atoms with van der Waals surface area (Å²) in [6.45, 7) is -0.771. The van der Waals surface area contributed by atoms with Crippen LogP contribution in [-0.4, -0.2) is 29.6 Å². The van der Waals surface area contributed by atoms with E-state index in [-0.39, 0.29) is 12.3 Å². The summed E-state index contributed by atoms with van der Waals surface area (Å²) in [4.78, 5) is 36.5. The van der Waals surface area contributed by atoms with E-state index >= 15 is 0 Å². The van der Waals surface area contributed by atoms with Crippen molar-refractivity contribution in [2.24, 2.45) is 0 Å². The first-order chi connectivity index (χ1) is 13.3. The highest BCUT2D eigenvalue weighted by molar-refractivity contribution is 8.01. The Labute approximate surface area is 161 Å². The number of benzene rings is 2. The zero-order valence-corrected chi connectivity index (χ0v) is 14.9. The van der Waals surface area contributed by atoms with Gasteiger partial charge < -0.3 is 15.4 Å². The smallest absolute Gasteiger partial charge is 0.307 e. The van der Waals surface area contributed by atoms with E-state index in [1.54, 1.807) is 24.3 Å². The van der Waals surface area contributed by atoms with Crippen LogP contribution in [0.2, 0.25) is 0 Å². The summed E-state index contributed by atoms with van der Waals surface area (Å²) in [5.74, 6) is -6.80. The first-order valence-electron chi connectivity index (χ1n) is 8.00. The fourth-order valence-electron chi connectivity index (χ4n) is 2.39. The van der Waals surface area contributed by atoms with Crippen LogP contribution >= 0.6 is 11.8 Å². The summed E-state index contributed by atoms with van der Waals surface area (Å²) in [6.07, 6.45) is -0.280. The standard InChI is InChI=1S/C18H13F3N2O4S/c19-9-5-6-11(17(21)16(9)20)22-14(24)8-27-15(25)7-13-18(26)23-10-3-1-2-4-12(10)28-13/h1-6,13H,7-8H2,(H,22,24)(H,23,26)/t13-/m1/s1. The Bertz CT molecular complexity index is 954. The molecule has 2 amide bonds. The lowest BCUT2D eigenvalue weighted by Crippen LogP contribution is -2.32. The topological polar surface area (TPSA) is 84.5 Å². The maximum atomic E-state index is 13.5. The number of hydrogen-bond acceptors (Lipinski definition) is 5. The molecule has 10 heteroatoms. The number of para-hydroxylation sites is 1. The second kappa shape index (κ2) is 8.34. The third-order valence-electron chi connectivity index (χ3n) is 3.73. The first-order valence-corrected chi connectivity index (χ1v) is 8.88. The van der Waals surface area contributed by atoms with Gasteiger partial charge in [0.25, 0.3) is 5.91 Å². The molecule has 2 N–H and O–H groups in total. The first kappa shape index (κ1) is 19.7. The van der Waals surface area contributed by atoms with Gasteiger partial charge in [-0.2, -0.15) is 0 Å². The molecule has 1 atom stereocenters. The van der Waals surface area contributed by atoms with E-state index in [9.17, 15) is 27.6 Å². The predicted molar refractivity (Wildman–Crippen MR) is 95.2 cm³/mol. The summed E-state index contributed by atoms with van der Waals surface area (Å²) in [6, 6.07) is 8.58. The molecule has 0 aromatic heterocycles. The van der Waals surface area contributed by atoms with E-state index < -0.39 is 46.9 Å². The van der Waals surface area contributed by atoms with Crippen molar-refractivity contribution in [1.82, 2.24) is 0 Å². The number of amides is 2. The molecule has 0 radical (unpaired) electrons. The number of carbonyl (C=O) groups excluding carboxylic acids is 3. The average Bonchev–Trinajstić information content (AvgIpc) is 2.67.